The van der Waals surface area contributed by atoms with Gasteiger partial charge in [0.05, 0.1) is 16.5 Å². The van der Waals surface area contributed by atoms with E-state index in [4.69, 9.17) is 5.11 Å². The van der Waals surface area contributed by atoms with Gasteiger partial charge in [-0.05, 0) is 11.5 Å². The van der Waals surface area contributed by atoms with Crippen LogP contribution < -0.4 is 0 Å². The van der Waals surface area contributed by atoms with E-state index in [1.165, 1.54) is 0 Å². The van der Waals surface area contributed by atoms with Crippen molar-refractivity contribution in [2.45, 2.75) is 13.8 Å². The van der Waals surface area contributed by atoms with E-state index in [2.05, 4.69) is 4.99 Å². The summed E-state index contributed by atoms with van der Waals surface area (Å²) in [6, 6.07) is 0. The fourth-order valence-corrected chi connectivity index (χ4v) is 2.62. The minimum absolute atomic E-state index is 0.00611. The molecule has 0 aromatic rings. The van der Waals surface area contributed by atoms with Crippen molar-refractivity contribution >= 4 is 32.1 Å². The minimum Gasteiger partial charge on any atom is -0.477 e. The molecule has 1 N–H and O–H groups in total. The zero-order valence-electron chi connectivity index (χ0n) is 9.01. The SMILES string of the molecule is CC(C)C1=CN2CC(C(=O)O)=S(=O)=C2N=C1. The topological polar surface area (TPSA) is 70.0 Å². The molecule has 0 amide bonds. The molecular weight excluding hydrogens is 228 g/mol. The number of carboxylic acid groups (broad SMARTS) is 1. The lowest BCUT2D eigenvalue weighted by molar-refractivity contribution is -0.129. The molecule has 0 spiro atoms. The van der Waals surface area contributed by atoms with Crippen LogP contribution in [0.15, 0.2) is 16.8 Å². The Hall–Kier alpha value is -1.56. The Morgan fingerprint density at radius 2 is 2.31 bits per heavy atom. The summed E-state index contributed by atoms with van der Waals surface area (Å²) < 4.78 is 11.7. The van der Waals surface area contributed by atoms with E-state index in [1.807, 2.05) is 20.0 Å². The molecule has 0 aromatic carbocycles. The fraction of sp³-hybridized carbons (Fsp3) is 0.400. The molecule has 0 saturated heterocycles. The third-order valence-electron chi connectivity index (χ3n) is 2.48. The van der Waals surface area contributed by atoms with Crippen LogP contribution in [0.5, 0.6) is 0 Å². The molecule has 16 heavy (non-hydrogen) atoms. The highest BCUT2D eigenvalue weighted by Crippen LogP contribution is 2.15. The van der Waals surface area contributed by atoms with E-state index >= 15 is 0 Å². The molecule has 0 saturated carbocycles. The number of hydrogen-bond acceptors (Lipinski definition) is 4. The first-order valence-electron chi connectivity index (χ1n) is 4.91. The van der Waals surface area contributed by atoms with Gasteiger partial charge in [-0.15, -0.1) is 0 Å². The number of carbonyl (C=O) groups is 1. The van der Waals surface area contributed by atoms with Crippen LogP contribution in [-0.2, 0) is 14.8 Å². The predicted molar refractivity (Wildman–Crippen MR) is 63.9 cm³/mol. The Bertz CT molecular complexity index is 555. The lowest BCUT2D eigenvalue weighted by Gasteiger charge is -2.20. The molecule has 2 aliphatic heterocycles. The average molecular weight is 240 g/mol. The van der Waals surface area contributed by atoms with Crippen LogP contribution in [-0.4, -0.2) is 42.9 Å². The number of fused-ring (bicyclic) bond motifs is 1. The molecule has 2 aliphatic rings. The third-order valence-corrected chi connectivity index (χ3v) is 3.91. The van der Waals surface area contributed by atoms with Crippen molar-refractivity contribution in [1.82, 2.24) is 4.90 Å². The van der Waals surface area contributed by atoms with Crippen LogP contribution >= 0.6 is 0 Å². The van der Waals surface area contributed by atoms with Gasteiger partial charge >= 0.3 is 5.97 Å². The van der Waals surface area contributed by atoms with Crippen LogP contribution in [0.2, 0.25) is 0 Å². The Morgan fingerprint density at radius 3 is 2.88 bits per heavy atom. The van der Waals surface area contributed by atoms with Gasteiger partial charge < -0.3 is 10.0 Å². The first-order chi connectivity index (χ1) is 7.50. The lowest BCUT2D eigenvalue weighted by atomic mass is 10.1. The Labute approximate surface area is 94.7 Å². The second-order valence-corrected chi connectivity index (χ2v) is 5.34. The summed E-state index contributed by atoms with van der Waals surface area (Å²) in [7, 11) is -1.62. The van der Waals surface area contributed by atoms with E-state index < -0.39 is 15.9 Å². The Morgan fingerprint density at radius 1 is 1.62 bits per heavy atom. The molecule has 5 nitrogen and oxygen atoms in total. The van der Waals surface area contributed by atoms with Crippen LogP contribution in [0.3, 0.4) is 0 Å². The maximum atomic E-state index is 11.7. The van der Waals surface area contributed by atoms with Gasteiger partial charge in [0, 0.05) is 12.4 Å². The van der Waals surface area contributed by atoms with Gasteiger partial charge in [-0.2, -0.15) is 0 Å². The van der Waals surface area contributed by atoms with Crippen molar-refractivity contribution in [1.29, 1.82) is 0 Å². The molecule has 86 valence electrons. The van der Waals surface area contributed by atoms with Crippen molar-refractivity contribution in [3.8, 4) is 0 Å². The molecule has 0 aliphatic carbocycles. The number of carboxylic acids is 1. The van der Waals surface area contributed by atoms with Crippen LogP contribution in [0.4, 0.5) is 0 Å². The molecule has 6 heteroatoms. The number of aliphatic imine (C=N–C) groups is 1. The summed E-state index contributed by atoms with van der Waals surface area (Å²) in [5.41, 5.74) is 1.01. The number of allylic oxidation sites excluding steroid dienone is 1. The van der Waals surface area contributed by atoms with Crippen LogP contribution in [0.25, 0.3) is 0 Å². The molecule has 0 fully saturated rings. The quantitative estimate of drug-likeness (QED) is 0.691. The number of nitrogens with zero attached hydrogens (tertiary/aromatic N) is 2. The van der Waals surface area contributed by atoms with Crippen LogP contribution in [0.1, 0.15) is 13.8 Å². The zero-order chi connectivity index (χ0) is 11.9. The summed E-state index contributed by atoms with van der Waals surface area (Å²) in [6.07, 6.45) is 3.47. The Kier molecular flexibility index (Phi) is 2.59. The first-order valence-corrected chi connectivity index (χ1v) is 6.06. The maximum Gasteiger partial charge on any atom is 0.346 e. The second kappa shape index (κ2) is 3.79. The highest BCUT2D eigenvalue weighted by Gasteiger charge is 2.26. The summed E-state index contributed by atoms with van der Waals surface area (Å²) in [6.45, 7) is 4.21. The first kappa shape index (κ1) is 10.9. The molecule has 0 unspecified atom stereocenters. The van der Waals surface area contributed by atoms with Gasteiger partial charge in [0.25, 0.3) is 0 Å². The summed E-state index contributed by atoms with van der Waals surface area (Å²) in [5, 5.41) is 9.18. The highest BCUT2D eigenvalue weighted by molar-refractivity contribution is 7.86. The van der Waals surface area contributed by atoms with E-state index in [-0.39, 0.29) is 11.4 Å². The smallest absolute Gasteiger partial charge is 0.346 e. The van der Waals surface area contributed by atoms with Gasteiger partial charge in [-0.25, -0.2) is 14.0 Å². The monoisotopic (exact) mass is 240 g/mol. The molecule has 2 heterocycles. The third kappa shape index (κ3) is 1.65. The molecular formula is C10H12N2O3S. The summed E-state index contributed by atoms with van der Waals surface area (Å²) in [4.78, 5) is 16.5. The number of aliphatic carboxylic acids is 1. The number of hydrogen-bond donors (Lipinski definition) is 1. The van der Waals surface area contributed by atoms with Gasteiger partial charge in [-0.3, -0.25) is 0 Å². The zero-order valence-corrected chi connectivity index (χ0v) is 9.82. The van der Waals surface area contributed by atoms with Crippen molar-refractivity contribution < 1.29 is 14.1 Å². The van der Waals surface area contributed by atoms with E-state index in [9.17, 15) is 9.00 Å². The molecule has 0 atom stereocenters. The molecule has 0 bridgehead atoms. The average Bonchev–Trinajstić information content (AvgIpc) is 2.55. The molecule has 0 radical (unpaired) electrons. The summed E-state index contributed by atoms with van der Waals surface area (Å²) >= 11 is 0. The predicted octanol–water partition coefficient (Wildman–Crippen LogP) is 0.0194. The van der Waals surface area contributed by atoms with Gasteiger partial charge in [0.15, 0.2) is 0 Å². The molecule has 0 aromatic heterocycles. The van der Waals surface area contributed by atoms with Gasteiger partial charge in [0.2, 0.25) is 5.11 Å². The van der Waals surface area contributed by atoms with Gasteiger partial charge in [-0.1, -0.05) is 13.8 Å². The highest BCUT2D eigenvalue weighted by atomic mass is 32.1. The Balaban J connectivity index is 2.43. The standard InChI is InChI=1S/C10H12N2O3S/c1-6(2)7-3-11-10-12(4-7)5-8(9(13)14)16(10)15/h3-4,6H,5H2,1-2H3,(H,13,14). The maximum absolute atomic E-state index is 11.7. The van der Waals surface area contributed by atoms with Crippen molar-refractivity contribution in [3.05, 3.63) is 11.8 Å². The van der Waals surface area contributed by atoms with Gasteiger partial charge in [0.1, 0.15) is 4.86 Å². The van der Waals surface area contributed by atoms with Crippen LogP contribution in [0, 0.1) is 5.92 Å². The van der Waals surface area contributed by atoms with E-state index in [1.54, 1.807) is 11.1 Å². The summed E-state index contributed by atoms with van der Waals surface area (Å²) in [5.74, 6) is -0.803. The second-order valence-electron chi connectivity index (χ2n) is 3.95. The largest absolute Gasteiger partial charge is 0.477 e. The lowest BCUT2D eigenvalue weighted by Crippen LogP contribution is -2.29. The van der Waals surface area contributed by atoms with E-state index in [0.29, 0.717) is 11.0 Å². The minimum atomic E-state index is -1.62. The van der Waals surface area contributed by atoms with E-state index in [0.717, 1.165) is 5.57 Å². The number of rotatable bonds is 2. The van der Waals surface area contributed by atoms with Crippen molar-refractivity contribution in [2.75, 3.05) is 6.54 Å². The van der Waals surface area contributed by atoms with Crippen molar-refractivity contribution in [2.24, 2.45) is 10.9 Å². The normalized spacial score (nSPS) is 19.3. The molecule has 2 rings (SSSR count). The van der Waals surface area contributed by atoms with Crippen molar-refractivity contribution in [3.63, 3.8) is 0 Å². The fourth-order valence-electron chi connectivity index (χ4n) is 1.51.